The number of aldehydes is 1. The summed E-state index contributed by atoms with van der Waals surface area (Å²) in [6, 6.07) is 30.4. The molecular weight excluding hydrogens is 506 g/mol. The Bertz CT molecular complexity index is 1330. The van der Waals surface area contributed by atoms with Crippen LogP contribution in [0.15, 0.2) is 91.0 Å². The number of piperidine rings is 1. The Morgan fingerprint density at radius 2 is 1.46 bits per heavy atom. The number of aromatic nitrogens is 2. The van der Waals surface area contributed by atoms with Crippen molar-refractivity contribution in [2.24, 2.45) is 7.05 Å². The number of carbonyl (C=O) groups is 1. The van der Waals surface area contributed by atoms with E-state index in [9.17, 15) is 17.6 Å². The molecule has 2 heterocycles. The first-order chi connectivity index (χ1) is 18.7. The van der Waals surface area contributed by atoms with E-state index >= 15 is 0 Å². The molecule has 204 valence electrons. The number of likely N-dealkylation sites (tertiary alicyclic amines) is 1. The molecule has 1 fully saturated rings. The van der Waals surface area contributed by atoms with Crippen LogP contribution < -0.4 is 0 Å². The van der Waals surface area contributed by atoms with E-state index in [0.29, 0.717) is 0 Å². The number of hydrogen-bond donors (Lipinski definition) is 0. The van der Waals surface area contributed by atoms with Crippen LogP contribution in [0.25, 0.3) is 11.3 Å². The minimum absolute atomic E-state index is 0.0788. The number of nitrogens with zero attached hydrogens (tertiary/aromatic N) is 3. The van der Waals surface area contributed by atoms with Crippen molar-refractivity contribution in [3.63, 3.8) is 0 Å². The zero-order chi connectivity index (χ0) is 27.9. The van der Waals surface area contributed by atoms with Gasteiger partial charge in [0.1, 0.15) is 5.82 Å². The summed E-state index contributed by atoms with van der Waals surface area (Å²) in [6.45, 7) is 3.19. The Hall–Kier alpha value is -3.78. The second-order valence-electron chi connectivity index (χ2n) is 9.73. The third-order valence-corrected chi connectivity index (χ3v) is 7.24. The van der Waals surface area contributed by atoms with Crippen LogP contribution in [0, 0.1) is 5.82 Å². The Kier molecular flexibility index (Phi) is 8.97. The number of rotatable bonds is 6. The van der Waals surface area contributed by atoms with Crippen LogP contribution in [0.4, 0.5) is 17.6 Å². The average Bonchev–Trinajstić information content (AvgIpc) is 3.35. The Morgan fingerprint density at radius 1 is 0.897 bits per heavy atom. The molecule has 39 heavy (non-hydrogen) atoms. The van der Waals surface area contributed by atoms with Gasteiger partial charge in [0.05, 0.1) is 5.69 Å². The predicted molar refractivity (Wildman–Crippen MR) is 144 cm³/mol. The highest BCUT2D eigenvalue weighted by atomic mass is 19.4. The van der Waals surface area contributed by atoms with E-state index in [2.05, 4.69) is 71.6 Å². The summed E-state index contributed by atoms with van der Waals surface area (Å²) in [5.41, 5.74) is 5.74. The van der Waals surface area contributed by atoms with Gasteiger partial charge in [-0.05, 0) is 73.8 Å². The van der Waals surface area contributed by atoms with Crippen LogP contribution in [-0.2, 0) is 23.7 Å². The van der Waals surface area contributed by atoms with Crippen molar-refractivity contribution in [3.8, 4) is 11.3 Å². The zero-order valence-electron chi connectivity index (χ0n) is 21.7. The van der Waals surface area contributed by atoms with Crippen molar-refractivity contribution >= 4 is 6.29 Å². The fraction of sp³-hybridized carbons (Fsp3) is 0.290. The minimum Gasteiger partial charge on any atom is -0.303 e. The van der Waals surface area contributed by atoms with Crippen LogP contribution >= 0.6 is 0 Å². The number of benzene rings is 3. The van der Waals surface area contributed by atoms with E-state index in [1.165, 1.54) is 29.0 Å². The lowest BCUT2D eigenvalue weighted by atomic mass is 9.70. The van der Waals surface area contributed by atoms with Gasteiger partial charge in [-0.2, -0.15) is 18.3 Å². The Labute approximate surface area is 225 Å². The van der Waals surface area contributed by atoms with Crippen LogP contribution in [-0.4, -0.2) is 46.8 Å². The zero-order valence-corrected chi connectivity index (χ0v) is 21.7. The van der Waals surface area contributed by atoms with Gasteiger partial charge < -0.3 is 4.90 Å². The molecule has 1 aliphatic heterocycles. The second kappa shape index (κ2) is 12.4. The third-order valence-electron chi connectivity index (χ3n) is 7.24. The first-order valence-corrected chi connectivity index (χ1v) is 12.9. The SMILES string of the molecule is Cn1nc(-c2ccc(F)cc2)cc1C1(c2ccccc2)CCN(CCc2ccccc2)CC1.O=CC(F)(F)F. The maximum absolute atomic E-state index is 13.4. The number of hydrogen-bond acceptors (Lipinski definition) is 3. The van der Waals surface area contributed by atoms with Gasteiger partial charge in [0, 0.05) is 30.3 Å². The molecule has 0 atom stereocenters. The van der Waals surface area contributed by atoms with E-state index < -0.39 is 12.5 Å². The molecule has 4 aromatic rings. The van der Waals surface area contributed by atoms with Crippen molar-refractivity contribution in [2.45, 2.75) is 30.9 Å². The molecular formula is C31H31F4N3O. The molecule has 0 radical (unpaired) electrons. The summed E-state index contributed by atoms with van der Waals surface area (Å²) in [4.78, 5) is 11.3. The molecule has 3 aromatic carbocycles. The van der Waals surface area contributed by atoms with E-state index in [4.69, 9.17) is 9.89 Å². The normalized spacial score (nSPS) is 15.3. The molecule has 0 spiro atoms. The first kappa shape index (κ1) is 28.2. The topological polar surface area (TPSA) is 38.1 Å². The molecule has 4 nitrogen and oxygen atoms in total. The van der Waals surface area contributed by atoms with Gasteiger partial charge in [-0.25, -0.2) is 4.39 Å². The van der Waals surface area contributed by atoms with Crippen molar-refractivity contribution in [1.82, 2.24) is 14.7 Å². The third kappa shape index (κ3) is 7.20. The summed E-state index contributed by atoms with van der Waals surface area (Å²) in [7, 11) is 2.04. The lowest BCUT2D eigenvalue weighted by molar-refractivity contribution is -0.156. The van der Waals surface area contributed by atoms with E-state index in [0.717, 1.165) is 50.2 Å². The van der Waals surface area contributed by atoms with Crippen LogP contribution in [0.2, 0.25) is 0 Å². The lowest BCUT2D eigenvalue weighted by Crippen LogP contribution is -2.44. The highest BCUT2D eigenvalue weighted by molar-refractivity contribution is 5.60. The van der Waals surface area contributed by atoms with Crippen molar-refractivity contribution in [3.05, 3.63) is 114 Å². The number of halogens is 4. The molecule has 1 saturated heterocycles. The molecule has 0 bridgehead atoms. The molecule has 0 N–H and O–H groups in total. The predicted octanol–water partition coefficient (Wildman–Crippen LogP) is 6.60. The fourth-order valence-corrected chi connectivity index (χ4v) is 5.22. The largest absolute Gasteiger partial charge is 0.446 e. The molecule has 1 aromatic heterocycles. The van der Waals surface area contributed by atoms with Crippen molar-refractivity contribution < 1.29 is 22.4 Å². The van der Waals surface area contributed by atoms with Crippen LogP contribution in [0.1, 0.15) is 29.7 Å². The summed E-state index contributed by atoms with van der Waals surface area (Å²) < 4.78 is 46.7. The molecule has 8 heteroatoms. The highest BCUT2D eigenvalue weighted by Gasteiger charge is 2.40. The fourth-order valence-electron chi connectivity index (χ4n) is 5.22. The lowest BCUT2D eigenvalue weighted by Gasteiger charge is -2.42. The molecule has 0 unspecified atom stereocenters. The van der Waals surface area contributed by atoms with Gasteiger partial charge >= 0.3 is 6.18 Å². The Morgan fingerprint density at radius 3 is 2.03 bits per heavy atom. The molecule has 5 rings (SSSR count). The minimum atomic E-state index is -4.64. The van der Waals surface area contributed by atoms with Gasteiger partial charge in [-0.1, -0.05) is 60.7 Å². The van der Waals surface area contributed by atoms with Gasteiger partial charge in [-0.3, -0.25) is 9.48 Å². The number of carbonyl (C=O) groups excluding carboxylic acids is 1. The van der Waals surface area contributed by atoms with Gasteiger partial charge in [0.25, 0.3) is 0 Å². The second-order valence-corrected chi connectivity index (χ2v) is 9.73. The van der Waals surface area contributed by atoms with Gasteiger partial charge in [0.15, 0.2) is 0 Å². The maximum Gasteiger partial charge on any atom is 0.446 e. The van der Waals surface area contributed by atoms with E-state index in [1.807, 2.05) is 23.9 Å². The molecule has 0 aliphatic carbocycles. The maximum atomic E-state index is 13.4. The van der Waals surface area contributed by atoms with Crippen LogP contribution in [0.5, 0.6) is 0 Å². The number of alkyl halides is 3. The highest BCUT2D eigenvalue weighted by Crippen LogP contribution is 2.42. The smallest absolute Gasteiger partial charge is 0.303 e. The van der Waals surface area contributed by atoms with E-state index in [-0.39, 0.29) is 11.2 Å². The summed E-state index contributed by atoms with van der Waals surface area (Å²) in [5, 5.41) is 4.83. The summed E-state index contributed by atoms with van der Waals surface area (Å²) >= 11 is 0. The van der Waals surface area contributed by atoms with Crippen molar-refractivity contribution in [1.29, 1.82) is 0 Å². The van der Waals surface area contributed by atoms with Gasteiger partial charge in [0.2, 0.25) is 6.29 Å². The quantitative estimate of drug-likeness (QED) is 0.206. The van der Waals surface area contributed by atoms with Crippen molar-refractivity contribution in [2.75, 3.05) is 19.6 Å². The summed E-state index contributed by atoms with van der Waals surface area (Å²) in [5.74, 6) is -0.224. The van der Waals surface area contributed by atoms with Crippen LogP contribution in [0.3, 0.4) is 0 Å². The molecule has 0 saturated carbocycles. The van der Waals surface area contributed by atoms with Gasteiger partial charge in [-0.15, -0.1) is 0 Å². The average molecular weight is 538 g/mol. The standard InChI is InChI=1S/C29H30FN3.C2HF3O/c1-32-28(22-27(31-32)24-12-14-26(30)15-13-24)29(25-10-6-3-7-11-25)17-20-33(21-18-29)19-16-23-8-4-2-5-9-23;3-2(4,5)1-6/h2-15,22H,16-21H2,1H3;1H. The Balaban J connectivity index is 0.000000531. The monoisotopic (exact) mass is 537 g/mol. The summed E-state index contributed by atoms with van der Waals surface area (Å²) in [6.07, 6.45) is -2.52. The number of aryl methyl sites for hydroxylation is 1. The molecule has 1 aliphatic rings. The first-order valence-electron chi connectivity index (χ1n) is 12.9. The van der Waals surface area contributed by atoms with E-state index in [1.54, 1.807) is 0 Å². The molecule has 0 amide bonds.